The first-order valence-corrected chi connectivity index (χ1v) is 7.61. The van der Waals surface area contributed by atoms with Gasteiger partial charge in [0.05, 0.1) is 6.10 Å². The van der Waals surface area contributed by atoms with Crippen molar-refractivity contribution in [1.82, 2.24) is 5.32 Å². The number of halogens is 2. The summed E-state index contributed by atoms with van der Waals surface area (Å²) in [4.78, 5) is 12.0. The predicted octanol–water partition coefficient (Wildman–Crippen LogP) is 2.53. The van der Waals surface area contributed by atoms with Crippen molar-refractivity contribution >= 4 is 12.0 Å². The molecule has 0 spiro atoms. The van der Waals surface area contributed by atoms with Gasteiger partial charge >= 0.3 is 0 Å². The van der Waals surface area contributed by atoms with E-state index in [9.17, 15) is 13.6 Å². The highest BCUT2D eigenvalue weighted by atomic mass is 19.3. The molecule has 0 unspecified atom stereocenters. The van der Waals surface area contributed by atoms with E-state index in [1.807, 2.05) is 6.07 Å². The Morgan fingerprint density at radius 1 is 1.46 bits per heavy atom. The first kappa shape index (κ1) is 17.9. The highest BCUT2D eigenvalue weighted by Gasteiger charge is 2.17. The molecule has 1 atom stereocenters. The standard InChI is InChI=1S/C17H18F2N2O3/c18-16(19)11-24-14-5-3-12(4-6-14)8-13(9-20)17(22)21-10-15-2-1-7-23-15/h3-6,8,15-16H,1-2,7,10-11H2,(H,21,22)/b13-8+/t15-/m0/s1. The molecule has 128 valence electrons. The van der Waals surface area contributed by atoms with Crippen molar-refractivity contribution in [3.8, 4) is 11.8 Å². The van der Waals surface area contributed by atoms with Crippen LogP contribution in [0.3, 0.4) is 0 Å². The third kappa shape index (κ3) is 5.63. The number of carbonyl (C=O) groups is 1. The molecule has 1 aliphatic rings. The van der Waals surface area contributed by atoms with Crippen LogP contribution in [0.2, 0.25) is 0 Å². The minimum Gasteiger partial charge on any atom is -0.488 e. The van der Waals surface area contributed by atoms with Crippen LogP contribution in [0.5, 0.6) is 5.75 Å². The highest BCUT2D eigenvalue weighted by Crippen LogP contribution is 2.16. The summed E-state index contributed by atoms with van der Waals surface area (Å²) in [5.74, 6) is -0.167. The first-order chi connectivity index (χ1) is 11.6. The van der Waals surface area contributed by atoms with Gasteiger partial charge in [-0.15, -0.1) is 0 Å². The molecular formula is C17H18F2N2O3. The molecule has 0 radical (unpaired) electrons. The van der Waals surface area contributed by atoms with E-state index in [4.69, 9.17) is 14.7 Å². The van der Waals surface area contributed by atoms with Crippen molar-refractivity contribution < 1.29 is 23.0 Å². The van der Waals surface area contributed by atoms with E-state index in [0.717, 1.165) is 12.8 Å². The molecule has 1 amide bonds. The number of alkyl halides is 2. The van der Waals surface area contributed by atoms with Crippen LogP contribution in [-0.2, 0) is 9.53 Å². The number of rotatable bonds is 7. The van der Waals surface area contributed by atoms with Crippen molar-refractivity contribution in [2.24, 2.45) is 0 Å². The lowest BCUT2D eigenvalue weighted by Gasteiger charge is -2.10. The quantitative estimate of drug-likeness (QED) is 0.613. The number of nitriles is 1. The molecule has 7 heteroatoms. The Kier molecular flexibility index (Phi) is 6.70. The number of hydrogen-bond acceptors (Lipinski definition) is 4. The number of nitrogens with one attached hydrogen (secondary N) is 1. The van der Waals surface area contributed by atoms with E-state index in [-0.39, 0.29) is 11.7 Å². The van der Waals surface area contributed by atoms with E-state index >= 15 is 0 Å². The third-order valence-electron chi connectivity index (χ3n) is 3.45. The molecule has 1 heterocycles. The smallest absolute Gasteiger partial charge is 0.272 e. The molecule has 5 nitrogen and oxygen atoms in total. The van der Waals surface area contributed by atoms with E-state index < -0.39 is 18.9 Å². The zero-order chi connectivity index (χ0) is 17.4. The second-order valence-electron chi connectivity index (χ2n) is 5.29. The number of benzene rings is 1. The van der Waals surface area contributed by atoms with E-state index in [1.54, 1.807) is 12.1 Å². The van der Waals surface area contributed by atoms with E-state index in [1.165, 1.54) is 18.2 Å². The van der Waals surface area contributed by atoms with Gasteiger partial charge in [-0.3, -0.25) is 4.79 Å². The maximum atomic E-state index is 12.1. The van der Waals surface area contributed by atoms with Crippen LogP contribution in [0.25, 0.3) is 6.08 Å². The monoisotopic (exact) mass is 336 g/mol. The Hall–Kier alpha value is -2.46. The van der Waals surface area contributed by atoms with Crippen LogP contribution in [0.15, 0.2) is 29.8 Å². The van der Waals surface area contributed by atoms with Gasteiger partial charge in [0.15, 0.2) is 0 Å². The van der Waals surface area contributed by atoms with Gasteiger partial charge in [-0.1, -0.05) is 12.1 Å². The third-order valence-corrected chi connectivity index (χ3v) is 3.45. The summed E-state index contributed by atoms with van der Waals surface area (Å²) in [6, 6.07) is 8.05. The average Bonchev–Trinajstić information content (AvgIpc) is 3.10. The van der Waals surface area contributed by atoms with Gasteiger partial charge in [0.2, 0.25) is 0 Å². The summed E-state index contributed by atoms with van der Waals surface area (Å²) >= 11 is 0. The molecule has 1 aliphatic heterocycles. The normalized spacial score (nSPS) is 17.6. The Morgan fingerprint density at radius 3 is 2.79 bits per heavy atom. The maximum Gasteiger partial charge on any atom is 0.272 e. The summed E-state index contributed by atoms with van der Waals surface area (Å²) in [5.41, 5.74) is 0.567. The number of nitrogens with zero attached hydrogens (tertiary/aromatic N) is 1. The summed E-state index contributed by atoms with van der Waals surface area (Å²) in [6.45, 7) is 0.393. The van der Waals surface area contributed by atoms with E-state index in [0.29, 0.717) is 24.5 Å². The largest absolute Gasteiger partial charge is 0.488 e. The van der Waals surface area contributed by atoms with Crippen molar-refractivity contribution in [3.63, 3.8) is 0 Å². The maximum absolute atomic E-state index is 12.1. The summed E-state index contributed by atoms with van der Waals surface area (Å²) in [5, 5.41) is 11.8. The number of amides is 1. The molecule has 2 rings (SSSR count). The molecule has 0 aliphatic carbocycles. The summed E-state index contributed by atoms with van der Waals surface area (Å²) < 4.78 is 34.4. The summed E-state index contributed by atoms with van der Waals surface area (Å²) in [6.07, 6.45) is 0.761. The van der Waals surface area contributed by atoms with Crippen LogP contribution in [0, 0.1) is 11.3 Å². The van der Waals surface area contributed by atoms with Crippen molar-refractivity contribution in [1.29, 1.82) is 5.26 Å². The average molecular weight is 336 g/mol. The molecular weight excluding hydrogens is 318 g/mol. The van der Waals surface area contributed by atoms with Gasteiger partial charge in [0.1, 0.15) is 24.0 Å². The topological polar surface area (TPSA) is 71.3 Å². The molecule has 0 aromatic heterocycles. The van der Waals surface area contributed by atoms with Gasteiger partial charge in [0.25, 0.3) is 12.3 Å². The lowest BCUT2D eigenvalue weighted by molar-refractivity contribution is -0.117. The minimum atomic E-state index is -2.54. The lowest BCUT2D eigenvalue weighted by Crippen LogP contribution is -2.32. The second kappa shape index (κ2) is 8.99. The van der Waals surface area contributed by atoms with Gasteiger partial charge in [-0.05, 0) is 36.6 Å². The zero-order valence-corrected chi connectivity index (χ0v) is 13.0. The van der Waals surface area contributed by atoms with Gasteiger partial charge < -0.3 is 14.8 Å². The number of ether oxygens (including phenoxy) is 2. The lowest BCUT2D eigenvalue weighted by atomic mass is 10.1. The van der Waals surface area contributed by atoms with Crippen LogP contribution in [0.1, 0.15) is 18.4 Å². The fraction of sp³-hybridized carbons (Fsp3) is 0.412. The SMILES string of the molecule is N#C/C(=C\c1ccc(OCC(F)F)cc1)C(=O)NC[C@@H]1CCCO1. The van der Waals surface area contributed by atoms with Gasteiger partial charge in [0, 0.05) is 13.2 Å². The van der Waals surface area contributed by atoms with Crippen molar-refractivity contribution in [2.45, 2.75) is 25.4 Å². The zero-order valence-electron chi connectivity index (χ0n) is 13.0. The molecule has 1 fully saturated rings. The Labute approximate surface area is 138 Å². The molecule has 1 N–H and O–H groups in total. The number of hydrogen-bond donors (Lipinski definition) is 1. The van der Waals surface area contributed by atoms with Crippen molar-refractivity contribution in [3.05, 3.63) is 35.4 Å². The Balaban J connectivity index is 1.93. The minimum absolute atomic E-state index is 0.000148. The fourth-order valence-corrected chi connectivity index (χ4v) is 2.24. The van der Waals surface area contributed by atoms with E-state index in [2.05, 4.69) is 5.32 Å². The van der Waals surface area contributed by atoms with Gasteiger partial charge in [-0.2, -0.15) is 5.26 Å². The fourth-order valence-electron chi connectivity index (χ4n) is 2.24. The predicted molar refractivity (Wildman–Crippen MR) is 83.5 cm³/mol. The highest BCUT2D eigenvalue weighted by molar-refractivity contribution is 6.01. The molecule has 0 saturated carbocycles. The molecule has 1 saturated heterocycles. The van der Waals surface area contributed by atoms with Crippen LogP contribution < -0.4 is 10.1 Å². The second-order valence-corrected chi connectivity index (χ2v) is 5.29. The van der Waals surface area contributed by atoms with Crippen molar-refractivity contribution in [2.75, 3.05) is 19.8 Å². The molecule has 24 heavy (non-hydrogen) atoms. The molecule has 1 aromatic rings. The van der Waals surface area contributed by atoms with Crippen LogP contribution in [0.4, 0.5) is 8.78 Å². The van der Waals surface area contributed by atoms with Crippen LogP contribution >= 0.6 is 0 Å². The molecule has 0 bridgehead atoms. The molecule has 1 aromatic carbocycles. The Morgan fingerprint density at radius 2 is 2.21 bits per heavy atom. The van der Waals surface area contributed by atoms with Gasteiger partial charge in [-0.25, -0.2) is 8.78 Å². The first-order valence-electron chi connectivity index (χ1n) is 7.61. The number of carbonyl (C=O) groups excluding carboxylic acids is 1. The summed E-state index contributed by atoms with van der Waals surface area (Å²) in [7, 11) is 0. The Bertz CT molecular complexity index is 618. The van der Waals surface area contributed by atoms with Crippen LogP contribution in [-0.4, -0.2) is 38.2 Å².